The van der Waals surface area contributed by atoms with E-state index in [2.05, 4.69) is 4.98 Å². The number of aromatic carboxylic acids is 1. The zero-order chi connectivity index (χ0) is 14.7. The molecular weight excluding hydrogens is 261 g/mol. The molecule has 3 N–H and O–H groups in total. The molecule has 104 valence electrons. The van der Waals surface area contributed by atoms with Crippen LogP contribution >= 0.6 is 0 Å². The number of anilines is 3. The van der Waals surface area contributed by atoms with Crippen molar-refractivity contribution in [3.8, 4) is 0 Å². The molecule has 0 atom stereocenters. The summed E-state index contributed by atoms with van der Waals surface area (Å²) < 4.78 is 13.9. The van der Waals surface area contributed by atoms with Gasteiger partial charge in [-0.3, -0.25) is 0 Å². The van der Waals surface area contributed by atoms with E-state index < -0.39 is 11.8 Å². The van der Waals surface area contributed by atoms with Gasteiger partial charge in [0.25, 0.3) is 0 Å². The Morgan fingerprint density at radius 3 is 2.65 bits per heavy atom. The molecule has 0 radical (unpaired) electrons. The van der Waals surface area contributed by atoms with E-state index >= 15 is 0 Å². The minimum atomic E-state index is -1.16. The van der Waals surface area contributed by atoms with Gasteiger partial charge < -0.3 is 15.7 Å². The fourth-order valence-electron chi connectivity index (χ4n) is 1.90. The zero-order valence-electron chi connectivity index (χ0n) is 10.9. The van der Waals surface area contributed by atoms with E-state index in [1.807, 2.05) is 0 Å². The van der Waals surface area contributed by atoms with E-state index in [0.717, 1.165) is 0 Å². The van der Waals surface area contributed by atoms with Crippen molar-refractivity contribution >= 4 is 23.2 Å². The molecule has 1 aromatic heterocycles. The zero-order valence-corrected chi connectivity index (χ0v) is 10.9. The SMILES string of the molecule is CCN(c1ccccc1F)c1nc(C(=O)O)ccc1N. The second kappa shape index (κ2) is 5.56. The Bertz CT molecular complexity index is 646. The number of nitrogen functional groups attached to an aromatic ring is 1. The summed E-state index contributed by atoms with van der Waals surface area (Å²) in [6.07, 6.45) is 0. The average molecular weight is 275 g/mol. The van der Waals surface area contributed by atoms with Gasteiger partial charge in [-0.25, -0.2) is 14.2 Å². The third-order valence-electron chi connectivity index (χ3n) is 2.84. The summed E-state index contributed by atoms with van der Waals surface area (Å²) in [4.78, 5) is 16.5. The molecule has 0 aliphatic carbocycles. The van der Waals surface area contributed by atoms with Crippen molar-refractivity contribution < 1.29 is 14.3 Å². The van der Waals surface area contributed by atoms with E-state index in [4.69, 9.17) is 10.8 Å². The second-order valence-electron chi connectivity index (χ2n) is 4.11. The molecule has 0 fully saturated rings. The molecule has 0 spiro atoms. The normalized spacial score (nSPS) is 10.3. The van der Waals surface area contributed by atoms with Crippen LogP contribution in [0, 0.1) is 5.82 Å². The fraction of sp³-hybridized carbons (Fsp3) is 0.143. The third kappa shape index (κ3) is 2.54. The molecule has 1 aromatic carbocycles. The lowest BCUT2D eigenvalue weighted by atomic mass is 10.2. The molecule has 2 rings (SSSR count). The van der Waals surface area contributed by atoms with E-state index in [9.17, 15) is 9.18 Å². The predicted octanol–water partition coefficient (Wildman–Crippen LogP) is 2.66. The number of rotatable bonds is 4. The molecule has 0 aliphatic heterocycles. The Morgan fingerprint density at radius 2 is 2.05 bits per heavy atom. The van der Waals surface area contributed by atoms with Crippen molar-refractivity contribution in [3.63, 3.8) is 0 Å². The van der Waals surface area contributed by atoms with Crippen LogP contribution in [0.1, 0.15) is 17.4 Å². The summed E-state index contributed by atoms with van der Waals surface area (Å²) >= 11 is 0. The number of hydrogen-bond donors (Lipinski definition) is 2. The Kier molecular flexibility index (Phi) is 3.84. The number of carboxylic acids is 1. The standard InChI is InChI=1S/C14H14FN3O2/c1-2-18(12-6-4-3-5-9(12)15)13-10(16)7-8-11(17-13)14(19)20/h3-8H,2,16H2,1H3,(H,19,20). The minimum Gasteiger partial charge on any atom is -0.477 e. The number of carbonyl (C=O) groups is 1. The van der Waals surface area contributed by atoms with Crippen molar-refractivity contribution in [2.24, 2.45) is 0 Å². The monoisotopic (exact) mass is 275 g/mol. The topological polar surface area (TPSA) is 79.5 Å². The van der Waals surface area contributed by atoms with E-state index in [-0.39, 0.29) is 11.5 Å². The number of carboxylic acid groups (broad SMARTS) is 1. The first-order chi connectivity index (χ1) is 9.54. The first kappa shape index (κ1) is 13.8. The van der Waals surface area contributed by atoms with Crippen LogP contribution in [0.3, 0.4) is 0 Å². The van der Waals surface area contributed by atoms with Gasteiger partial charge >= 0.3 is 5.97 Å². The third-order valence-corrected chi connectivity index (χ3v) is 2.84. The second-order valence-corrected chi connectivity index (χ2v) is 4.11. The van der Waals surface area contributed by atoms with Crippen molar-refractivity contribution in [3.05, 3.63) is 47.9 Å². The van der Waals surface area contributed by atoms with Gasteiger partial charge in [-0.2, -0.15) is 0 Å². The maximum absolute atomic E-state index is 13.9. The summed E-state index contributed by atoms with van der Waals surface area (Å²) in [5, 5.41) is 8.98. The molecule has 6 heteroatoms. The molecular formula is C14H14FN3O2. The summed E-state index contributed by atoms with van der Waals surface area (Å²) in [6.45, 7) is 2.21. The first-order valence-electron chi connectivity index (χ1n) is 6.06. The molecule has 0 aliphatic rings. The van der Waals surface area contributed by atoms with Gasteiger partial charge in [0.05, 0.1) is 11.4 Å². The molecule has 0 saturated carbocycles. The molecule has 0 amide bonds. The number of pyridine rings is 1. The van der Waals surface area contributed by atoms with Crippen molar-refractivity contribution in [2.45, 2.75) is 6.92 Å². The predicted molar refractivity (Wildman–Crippen MR) is 74.7 cm³/mol. The Morgan fingerprint density at radius 1 is 1.35 bits per heavy atom. The number of aromatic nitrogens is 1. The quantitative estimate of drug-likeness (QED) is 0.896. The lowest BCUT2D eigenvalue weighted by molar-refractivity contribution is 0.0690. The van der Waals surface area contributed by atoms with E-state index in [0.29, 0.717) is 17.9 Å². The Balaban J connectivity index is 2.55. The van der Waals surface area contributed by atoms with Crippen molar-refractivity contribution in [2.75, 3.05) is 17.2 Å². The number of nitrogens with two attached hydrogens (primary N) is 1. The molecule has 0 bridgehead atoms. The highest BCUT2D eigenvalue weighted by molar-refractivity contribution is 5.87. The Labute approximate surface area is 115 Å². The van der Waals surface area contributed by atoms with Crippen LogP contribution in [-0.2, 0) is 0 Å². The maximum Gasteiger partial charge on any atom is 0.354 e. The highest BCUT2D eigenvalue weighted by Gasteiger charge is 2.17. The summed E-state index contributed by atoms with van der Waals surface area (Å²) in [6, 6.07) is 8.96. The van der Waals surface area contributed by atoms with Crippen molar-refractivity contribution in [1.29, 1.82) is 0 Å². The molecule has 0 unspecified atom stereocenters. The lowest BCUT2D eigenvalue weighted by Gasteiger charge is -2.24. The van der Waals surface area contributed by atoms with Crippen LogP contribution in [0.5, 0.6) is 0 Å². The summed E-state index contributed by atoms with van der Waals surface area (Å²) in [5.41, 5.74) is 6.29. The summed E-state index contributed by atoms with van der Waals surface area (Å²) in [7, 11) is 0. The van der Waals surface area contributed by atoms with Gasteiger partial charge in [0.2, 0.25) is 0 Å². The molecule has 1 heterocycles. The van der Waals surface area contributed by atoms with Gasteiger partial charge in [0, 0.05) is 6.54 Å². The molecule has 5 nitrogen and oxygen atoms in total. The fourth-order valence-corrected chi connectivity index (χ4v) is 1.90. The van der Waals surface area contributed by atoms with Crippen LogP contribution < -0.4 is 10.6 Å². The smallest absolute Gasteiger partial charge is 0.354 e. The highest BCUT2D eigenvalue weighted by atomic mass is 19.1. The number of para-hydroxylation sites is 1. The molecule has 2 aromatic rings. The maximum atomic E-state index is 13.9. The molecule has 0 saturated heterocycles. The number of hydrogen-bond acceptors (Lipinski definition) is 4. The van der Waals surface area contributed by atoms with E-state index in [1.165, 1.54) is 23.1 Å². The van der Waals surface area contributed by atoms with Gasteiger partial charge in [0.15, 0.2) is 11.5 Å². The van der Waals surface area contributed by atoms with Gasteiger partial charge in [-0.05, 0) is 31.2 Å². The largest absolute Gasteiger partial charge is 0.477 e. The van der Waals surface area contributed by atoms with Crippen LogP contribution in [0.2, 0.25) is 0 Å². The average Bonchev–Trinajstić information content (AvgIpc) is 2.43. The lowest BCUT2D eigenvalue weighted by Crippen LogP contribution is -2.21. The van der Waals surface area contributed by atoms with Gasteiger partial charge in [-0.1, -0.05) is 12.1 Å². The number of nitrogens with zero attached hydrogens (tertiary/aromatic N) is 2. The van der Waals surface area contributed by atoms with Crippen LogP contribution in [-0.4, -0.2) is 22.6 Å². The number of benzene rings is 1. The van der Waals surface area contributed by atoms with E-state index in [1.54, 1.807) is 25.1 Å². The highest BCUT2D eigenvalue weighted by Crippen LogP contribution is 2.30. The minimum absolute atomic E-state index is 0.135. The van der Waals surface area contributed by atoms with Crippen LogP contribution in [0.15, 0.2) is 36.4 Å². The Hall–Kier alpha value is -2.63. The van der Waals surface area contributed by atoms with Gasteiger partial charge in [0.1, 0.15) is 5.82 Å². The number of halogens is 1. The van der Waals surface area contributed by atoms with Gasteiger partial charge in [-0.15, -0.1) is 0 Å². The van der Waals surface area contributed by atoms with Crippen molar-refractivity contribution in [1.82, 2.24) is 4.98 Å². The summed E-state index contributed by atoms with van der Waals surface area (Å²) in [5.74, 6) is -1.34. The first-order valence-corrected chi connectivity index (χ1v) is 6.06. The van der Waals surface area contributed by atoms with Crippen LogP contribution in [0.25, 0.3) is 0 Å². The van der Waals surface area contributed by atoms with Crippen LogP contribution in [0.4, 0.5) is 21.6 Å². The molecule has 20 heavy (non-hydrogen) atoms.